The summed E-state index contributed by atoms with van der Waals surface area (Å²) < 4.78 is 6.91. The molecular formula is C14H13N5O. The van der Waals surface area contributed by atoms with Gasteiger partial charge in [-0.3, -0.25) is 0 Å². The molecule has 0 aliphatic carbocycles. The topological polar surface area (TPSA) is 69.6 Å². The average molecular weight is 267 g/mol. The molecule has 0 spiro atoms. The van der Waals surface area contributed by atoms with Gasteiger partial charge < -0.3 is 4.57 Å². The maximum absolute atomic E-state index is 4.70. The Hall–Kier alpha value is -2.50. The van der Waals surface area contributed by atoms with Crippen molar-refractivity contribution in [2.24, 2.45) is 0 Å². The van der Waals surface area contributed by atoms with Gasteiger partial charge in [0.1, 0.15) is 5.52 Å². The monoisotopic (exact) mass is 267 g/mol. The van der Waals surface area contributed by atoms with E-state index in [2.05, 4.69) is 43.9 Å². The number of fused-ring (bicyclic) bond motifs is 4. The number of hydrogen-bond donors (Lipinski definition) is 0. The van der Waals surface area contributed by atoms with E-state index >= 15 is 0 Å². The quantitative estimate of drug-likeness (QED) is 0.570. The van der Waals surface area contributed by atoms with Crippen molar-refractivity contribution in [1.29, 1.82) is 0 Å². The standard InChI is InChI=1S/C14H13N5O/c1-2-3-8-19-10-7-5-4-6-9(10)11-14(19)16-13-12(15-11)17-20-18-13/h4-7H,2-3,8H2,1H3. The highest BCUT2D eigenvalue weighted by Gasteiger charge is 2.15. The smallest absolute Gasteiger partial charge is 0.245 e. The third kappa shape index (κ3) is 1.51. The zero-order valence-electron chi connectivity index (χ0n) is 11.1. The van der Waals surface area contributed by atoms with Crippen molar-refractivity contribution in [1.82, 2.24) is 24.8 Å². The third-order valence-electron chi connectivity index (χ3n) is 3.54. The molecule has 1 aromatic carbocycles. The Morgan fingerprint density at radius 1 is 1.10 bits per heavy atom. The van der Waals surface area contributed by atoms with Crippen LogP contribution in [0.2, 0.25) is 0 Å². The van der Waals surface area contributed by atoms with Crippen LogP contribution in [0.15, 0.2) is 28.9 Å². The number of para-hydroxylation sites is 1. The number of aromatic nitrogens is 5. The first kappa shape index (κ1) is 11.3. The second kappa shape index (κ2) is 4.26. The predicted molar refractivity (Wildman–Crippen MR) is 75.3 cm³/mol. The number of hydrogen-bond acceptors (Lipinski definition) is 5. The van der Waals surface area contributed by atoms with Crippen molar-refractivity contribution in [3.8, 4) is 0 Å². The third-order valence-corrected chi connectivity index (χ3v) is 3.54. The van der Waals surface area contributed by atoms with Gasteiger partial charge in [-0.2, -0.15) is 0 Å². The lowest BCUT2D eigenvalue weighted by atomic mass is 10.2. The molecule has 0 aliphatic heterocycles. The molecule has 0 aliphatic rings. The molecular weight excluding hydrogens is 254 g/mol. The van der Waals surface area contributed by atoms with Gasteiger partial charge in [0.2, 0.25) is 11.3 Å². The summed E-state index contributed by atoms with van der Waals surface area (Å²) in [5.41, 5.74) is 3.78. The molecule has 100 valence electrons. The molecule has 0 fully saturated rings. The summed E-state index contributed by atoms with van der Waals surface area (Å²) in [5.74, 6) is 0. The first-order chi connectivity index (χ1) is 9.88. The first-order valence-electron chi connectivity index (χ1n) is 6.75. The Kier molecular flexibility index (Phi) is 2.42. The molecule has 0 bridgehead atoms. The van der Waals surface area contributed by atoms with Gasteiger partial charge in [0.25, 0.3) is 0 Å². The summed E-state index contributed by atoms with van der Waals surface area (Å²) in [6, 6.07) is 8.21. The maximum atomic E-state index is 4.70. The number of nitrogens with zero attached hydrogens (tertiary/aromatic N) is 5. The van der Waals surface area contributed by atoms with E-state index in [9.17, 15) is 0 Å². The van der Waals surface area contributed by atoms with Crippen LogP contribution in [0.1, 0.15) is 19.8 Å². The van der Waals surface area contributed by atoms with E-state index in [4.69, 9.17) is 4.63 Å². The van der Waals surface area contributed by atoms with Crippen molar-refractivity contribution in [3.63, 3.8) is 0 Å². The zero-order valence-corrected chi connectivity index (χ0v) is 11.1. The van der Waals surface area contributed by atoms with E-state index in [1.54, 1.807) is 0 Å². The van der Waals surface area contributed by atoms with Crippen molar-refractivity contribution >= 4 is 33.4 Å². The average Bonchev–Trinajstić information content (AvgIpc) is 3.05. The Morgan fingerprint density at radius 2 is 1.90 bits per heavy atom. The molecule has 0 radical (unpaired) electrons. The van der Waals surface area contributed by atoms with Gasteiger partial charge in [-0.1, -0.05) is 31.5 Å². The fraction of sp³-hybridized carbons (Fsp3) is 0.286. The van der Waals surface area contributed by atoms with E-state index < -0.39 is 0 Å². The summed E-state index contributed by atoms with van der Waals surface area (Å²) in [6.45, 7) is 3.10. The van der Waals surface area contributed by atoms with Crippen LogP contribution in [0.3, 0.4) is 0 Å². The molecule has 0 saturated heterocycles. The fourth-order valence-corrected chi connectivity index (χ4v) is 2.56. The van der Waals surface area contributed by atoms with Crippen LogP contribution in [0.5, 0.6) is 0 Å². The highest BCUT2D eigenvalue weighted by atomic mass is 16.6. The summed E-state index contributed by atoms with van der Waals surface area (Å²) >= 11 is 0. The zero-order chi connectivity index (χ0) is 13.5. The lowest BCUT2D eigenvalue weighted by Gasteiger charge is -2.04. The Balaban J connectivity index is 2.13. The molecule has 0 N–H and O–H groups in total. The lowest BCUT2D eigenvalue weighted by Crippen LogP contribution is -1.99. The number of benzene rings is 1. The number of aryl methyl sites for hydroxylation is 1. The van der Waals surface area contributed by atoms with Gasteiger partial charge in [0.15, 0.2) is 5.65 Å². The van der Waals surface area contributed by atoms with E-state index in [1.165, 1.54) is 0 Å². The number of unbranched alkanes of at least 4 members (excludes halogenated alkanes) is 1. The maximum Gasteiger partial charge on any atom is 0.245 e. The van der Waals surface area contributed by atoms with Crippen LogP contribution >= 0.6 is 0 Å². The van der Waals surface area contributed by atoms with E-state index in [0.29, 0.717) is 11.3 Å². The molecule has 0 saturated carbocycles. The molecule has 6 nitrogen and oxygen atoms in total. The summed E-state index contributed by atoms with van der Waals surface area (Å²) in [7, 11) is 0. The van der Waals surface area contributed by atoms with E-state index in [0.717, 1.165) is 41.5 Å². The summed E-state index contributed by atoms with van der Waals surface area (Å²) in [4.78, 5) is 9.10. The summed E-state index contributed by atoms with van der Waals surface area (Å²) in [5, 5.41) is 8.66. The lowest BCUT2D eigenvalue weighted by molar-refractivity contribution is 0.314. The van der Waals surface area contributed by atoms with Crippen LogP contribution in [-0.2, 0) is 6.54 Å². The minimum absolute atomic E-state index is 0.455. The number of rotatable bonds is 3. The van der Waals surface area contributed by atoms with Gasteiger partial charge in [0, 0.05) is 11.9 Å². The Bertz CT molecular complexity index is 908. The molecule has 6 heteroatoms. The molecule has 4 aromatic rings. The van der Waals surface area contributed by atoms with Crippen molar-refractivity contribution in [2.75, 3.05) is 0 Å². The molecule has 0 atom stereocenters. The first-order valence-corrected chi connectivity index (χ1v) is 6.75. The Labute approximate surface area is 114 Å². The minimum atomic E-state index is 0.455. The van der Waals surface area contributed by atoms with Gasteiger partial charge in [-0.25, -0.2) is 14.6 Å². The summed E-state index contributed by atoms with van der Waals surface area (Å²) in [6.07, 6.45) is 2.24. The van der Waals surface area contributed by atoms with Gasteiger partial charge in [0.05, 0.1) is 5.52 Å². The van der Waals surface area contributed by atoms with Gasteiger partial charge in [-0.05, 0) is 22.8 Å². The van der Waals surface area contributed by atoms with Gasteiger partial charge in [-0.15, -0.1) is 0 Å². The van der Waals surface area contributed by atoms with Crippen molar-refractivity contribution in [3.05, 3.63) is 24.3 Å². The second-order valence-corrected chi connectivity index (χ2v) is 4.83. The van der Waals surface area contributed by atoms with Crippen LogP contribution in [0, 0.1) is 0 Å². The highest BCUT2D eigenvalue weighted by Crippen LogP contribution is 2.27. The van der Waals surface area contributed by atoms with Crippen molar-refractivity contribution < 1.29 is 4.63 Å². The van der Waals surface area contributed by atoms with Gasteiger partial charge >= 0.3 is 0 Å². The molecule has 4 rings (SSSR count). The van der Waals surface area contributed by atoms with Crippen molar-refractivity contribution in [2.45, 2.75) is 26.3 Å². The second-order valence-electron chi connectivity index (χ2n) is 4.83. The van der Waals surface area contributed by atoms with Crippen LogP contribution in [0.25, 0.3) is 33.4 Å². The highest BCUT2D eigenvalue weighted by molar-refractivity contribution is 6.05. The largest absolute Gasteiger partial charge is 0.324 e. The molecule has 3 aromatic heterocycles. The molecule has 0 amide bonds. The predicted octanol–water partition coefficient (Wildman–Crippen LogP) is 2.92. The SMILES string of the molecule is CCCCn1c2ccccc2c2nc3nonc3nc21. The Morgan fingerprint density at radius 3 is 2.75 bits per heavy atom. The van der Waals surface area contributed by atoms with E-state index in [1.807, 2.05) is 12.1 Å². The normalized spacial score (nSPS) is 11.8. The molecule has 20 heavy (non-hydrogen) atoms. The van der Waals surface area contributed by atoms with E-state index in [-0.39, 0.29) is 0 Å². The fourth-order valence-electron chi connectivity index (χ4n) is 2.56. The molecule has 0 unspecified atom stereocenters. The minimum Gasteiger partial charge on any atom is -0.324 e. The molecule has 3 heterocycles. The van der Waals surface area contributed by atoms with Crippen LogP contribution < -0.4 is 0 Å². The van der Waals surface area contributed by atoms with Crippen LogP contribution in [0.4, 0.5) is 0 Å². The van der Waals surface area contributed by atoms with Crippen LogP contribution in [-0.4, -0.2) is 24.8 Å².